The quantitative estimate of drug-likeness (QED) is 0.237. The van der Waals surface area contributed by atoms with E-state index in [2.05, 4.69) is 25.0 Å². The van der Waals surface area contributed by atoms with Crippen LogP contribution in [0.2, 0.25) is 0 Å². The van der Waals surface area contributed by atoms with Gasteiger partial charge in [-0.25, -0.2) is 4.98 Å². The second-order valence-corrected chi connectivity index (χ2v) is 9.65. The van der Waals surface area contributed by atoms with Crippen LogP contribution in [0.3, 0.4) is 0 Å². The molecule has 1 aromatic heterocycles. The summed E-state index contributed by atoms with van der Waals surface area (Å²) in [6.07, 6.45) is 1.55. The first-order valence-corrected chi connectivity index (χ1v) is 12.9. The van der Waals surface area contributed by atoms with Crippen molar-refractivity contribution in [1.82, 2.24) is 9.66 Å². The zero-order chi connectivity index (χ0) is 27.4. The van der Waals surface area contributed by atoms with Crippen molar-refractivity contribution in [2.75, 3.05) is 13.7 Å². The van der Waals surface area contributed by atoms with E-state index in [-0.39, 0.29) is 17.6 Å². The number of hydrogen-bond donors (Lipinski definition) is 0. The van der Waals surface area contributed by atoms with Gasteiger partial charge in [-0.05, 0) is 81.1 Å². The highest BCUT2D eigenvalue weighted by molar-refractivity contribution is 5.86. The predicted molar refractivity (Wildman–Crippen MR) is 153 cm³/mol. The molecule has 0 aliphatic heterocycles. The Bertz CT molecular complexity index is 1540. The molecule has 1 heterocycles. The van der Waals surface area contributed by atoms with Crippen molar-refractivity contribution in [3.8, 4) is 28.6 Å². The number of nitrogens with zero attached hydrogens (tertiary/aromatic N) is 3. The highest BCUT2D eigenvalue weighted by Gasteiger charge is 2.19. The van der Waals surface area contributed by atoms with Crippen LogP contribution in [0.5, 0.6) is 17.2 Å². The maximum absolute atomic E-state index is 13.8. The Morgan fingerprint density at radius 2 is 1.79 bits per heavy atom. The molecule has 0 spiro atoms. The number of ether oxygens (including phenoxy) is 3. The second-order valence-electron chi connectivity index (χ2n) is 9.65. The number of aromatic nitrogens is 2. The summed E-state index contributed by atoms with van der Waals surface area (Å²) >= 11 is 0. The average molecular weight is 514 g/mol. The van der Waals surface area contributed by atoms with Crippen LogP contribution >= 0.6 is 0 Å². The number of fused-ring (bicyclic) bond motifs is 1. The monoisotopic (exact) mass is 513 g/mol. The van der Waals surface area contributed by atoms with Gasteiger partial charge in [0.1, 0.15) is 5.75 Å². The minimum absolute atomic E-state index is 0.0694. The van der Waals surface area contributed by atoms with Crippen LogP contribution in [0.4, 0.5) is 0 Å². The van der Waals surface area contributed by atoms with Gasteiger partial charge in [0.15, 0.2) is 17.3 Å². The molecular formula is C31H35N3O4. The maximum Gasteiger partial charge on any atom is 0.282 e. The summed E-state index contributed by atoms with van der Waals surface area (Å²) in [4.78, 5) is 18.7. The summed E-state index contributed by atoms with van der Waals surface area (Å²) in [5.74, 6) is 2.68. The number of methoxy groups -OCH3 is 1. The Labute approximate surface area is 223 Å². The van der Waals surface area contributed by atoms with E-state index < -0.39 is 0 Å². The summed E-state index contributed by atoms with van der Waals surface area (Å²) < 4.78 is 18.8. The molecule has 4 rings (SSSR count). The lowest BCUT2D eigenvalue weighted by Gasteiger charge is -2.18. The smallest absolute Gasteiger partial charge is 0.282 e. The topological polar surface area (TPSA) is 74.9 Å². The summed E-state index contributed by atoms with van der Waals surface area (Å²) in [6, 6.07) is 17.0. The highest BCUT2D eigenvalue weighted by Crippen LogP contribution is 2.35. The molecule has 0 amide bonds. The van der Waals surface area contributed by atoms with Gasteiger partial charge in [-0.15, -0.1) is 0 Å². The zero-order valence-electron chi connectivity index (χ0n) is 23.1. The molecule has 0 atom stereocenters. The minimum Gasteiger partial charge on any atom is -0.494 e. The summed E-state index contributed by atoms with van der Waals surface area (Å²) in [6.45, 7) is 12.7. The van der Waals surface area contributed by atoms with Gasteiger partial charge in [0.2, 0.25) is 0 Å². The van der Waals surface area contributed by atoms with Crippen LogP contribution in [0.25, 0.3) is 22.3 Å². The fraction of sp³-hybridized carbons (Fsp3) is 0.323. The van der Waals surface area contributed by atoms with E-state index in [4.69, 9.17) is 19.2 Å². The van der Waals surface area contributed by atoms with E-state index in [0.717, 1.165) is 22.4 Å². The van der Waals surface area contributed by atoms with E-state index in [0.29, 0.717) is 40.4 Å². The molecule has 0 fully saturated rings. The van der Waals surface area contributed by atoms with Crippen LogP contribution < -0.4 is 19.8 Å². The molecule has 0 saturated carbocycles. The molecule has 0 bridgehead atoms. The normalized spacial score (nSPS) is 11.6. The largest absolute Gasteiger partial charge is 0.494 e. The van der Waals surface area contributed by atoms with Crippen molar-refractivity contribution in [1.29, 1.82) is 0 Å². The third kappa shape index (κ3) is 5.42. The molecule has 0 N–H and O–H groups in total. The minimum atomic E-state index is -0.254. The first-order valence-electron chi connectivity index (χ1n) is 12.9. The van der Waals surface area contributed by atoms with Gasteiger partial charge in [-0.3, -0.25) is 4.79 Å². The third-order valence-electron chi connectivity index (χ3n) is 6.17. The molecule has 38 heavy (non-hydrogen) atoms. The number of benzene rings is 3. The van der Waals surface area contributed by atoms with E-state index in [1.807, 2.05) is 70.2 Å². The van der Waals surface area contributed by atoms with Crippen LogP contribution in [0, 0.1) is 6.92 Å². The maximum atomic E-state index is 13.8. The lowest BCUT2D eigenvalue weighted by molar-refractivity contribution is 0.230. The molecule has 0 radical (unpaired) electrons. The van der Waals surface area contributed by atoms with E-state index in [1.54, 1.807) is 19.4 Å². The van der Waals surface area contributed by atoms with E-state index in [1.165, 1.54) is 4.68 Å². The molecule has 198 valence electrons. The van der Waals surface area contributed by atoms with Crippen molar-refractivity contribution in [3.63, 3.8) is 0 Å². The van der Waals surface area contributed by atoms with Gasteiger partial charge in [-0.2, -0.15) is 9.78 Å². The Kier molecular flexibility index (Phi) is 8.15. The molecular weight excluding hydrogens is 478 g/mol. The first kappa shape index (κ1) is 26.9. The lowest BCUT2D eigenvalue weighted by atomic mass is 9.96. The van der Waals surface area contributed by atoms with Gasteiger partial charge in [0.05, 0.1) is 36.9 Å². The average Bonchev–Trinajstić information content (AvgIpc) is 2.88. The fourth-order valence-electron chi connectivity index (χ4n) is 4.35. The molecule has 0 unspecified atom stereocenters. The Hall–Kier alpha value is -4.13. The van der Waals surface area contributed by atoms with Crippen molar-refractivity contribution < 1.29 is 14.2 Å². The third-order valence-corrected chi connectivity index (χ3v) is 6.17. The predicted octanol–water partition coefficient (Wildman–Crippen LogP) is 6.57. The van der Waals surface area contributed by atoms with Crippen LogP contribution in [0.15, 0.2) is 64.5 Å². The standard InChI is InChI=1S/C31H35N3O4/c1-8-37-28-16-21(6)25(17-24(28)19(2)3)30-33-26-14-10-9-13-23(26)31(35)34(30)32-18-22-12-11-15-27(36-7)29(22)38-20(4)5/h9-20H,8H2,1-7H3. The second kappa shape index (κ2) is 11.5. The fourth-order valence-corrected chi connectivity index (χ4v) is 4.35. The SMILES string of the molecule is CCOc1cc(C)c(-c2nc3ccccc3c(=O)n2N=Cc2cccc(OC)c2OC(C)C)cc1C(C)C. The lowest BCUT2D eigenvalue weighted by Crippen LogP contribution is -2.21. The van der Waals surface area contributed by atoms with Gasteiger partial charge < -0.3 is 14.2 Å². The number of para-hydroxylation sites is 2. The van der Waals surface area contributed by atoms with Gasteiger partial charge in [0, 0.05) is 11.1 Å². The van der Waals surface area contributed by atoms with Crippen LogP contribution in [0.1, 0.15) is 57.2 Å². The summed E-state index contributed by atoms with van der Waals surface area (Å²) in [7, 11) is 1.60. The van der Waals surface area contributed by atoms with Crippen molar-refractivity contribution in [2.45, 2.75) is 53.6 Å². The molecule has 0 saturated heterocycles. The van der Waals surface area contributed by atoms with Crippen LogP contribution in [-0.4, -0.2) is 35.7 Å². The molecule has 3 aromatic carbocycles. The number of aryl methyl sites for hydroxylation is 1. The molecule has 0 aliphatic carbocycles. The molecule has 0 aliphatic rings. The zero-order valence-corrected chi connectivity index (χ0v) is 23.1. The van der Waals surface area contributed by atoms with Gasteiger partial charge in [0.25, 0.3) is 5.56 Å². The van der Waals surface area contributed by atoms with Crippen LogP contribution in [-0.2, 0) is 0 Å². The Balaban J connectivity index is 1.97. The van der Waals surface area contributed by atoms with Gasteiger partial charge >= 0.3 is 0 Å². The molecule has 7 nitrogen and oxygen atoms in total. The van der Waals surface area contributed by atoms with E-state index in [9.17, 15) is 4.79 Å². The number of hydrogen-bond acceptors (Lipinski definition) is 6. The highest BCUT2D eigenvalue weighted by atomic mass is 16.5. The molecule has 7 heteroatoms. The van der Waals surface area contributed by atoms with E-state index >= 15 is 0 Å². The molecule has 4 aromatic rings. The first-order chi connectivity index (χ1) is 18.2. The summed E-state index contributed by atoms with van der Waals surface area (Å²) in [5, 5.41) is 5.16. The van der Waals surface area contributed by atoms with Crippen molar-refractivity contribution >= 4 is 17.1 Å². The van der Waals surface area contributed by atoms with Crippen molar-refractivity contribution in [3.05, 3.63) is 81.6 Å². The van der Waals surface area contributed by atoms with Gasteiger partial charge in [-0.1, -0.05) is 32.0 Å². The Morgan fingerprint density at radius 1 is 1.03 bits per heavy atom. The van der Waals surface area contributed by atoms with Crippen molar-refractivity contribution in [2.24, 2.45) is 5.10 Å². The summed E-state index contributed by atoms with van der Waals surface area (Å²) in [5.41, 5.74) is 3.86. The number of rotatable bonds is 9. The Morgan fingerprint density at radius 3 is 2.47 bits per heavy atom.